The quantitative estimate of drug-likeness (QED) is 0.753. The molecule has 0 amide bonds. The molecule has 0 bridgehead atoms. The van der Waals surface area contributed by atoms with Crippen LogP contribution in [0.4, 0.5) is 0 Å². The molecule has 1 aromatic heterocycles. The van der Waals surface area contributed by atoms with E-state index in [0.29, 0.717) is 23.3 Å². The normalized spacial score (nSPS) is 11.1. The van der Waals surface area contributed by atoms with E-state index in [2.05, 4.69) is 38.7 Å². The zero-order valence-corrected chi connectivity index (χ0v) is 9.86. The van der Waals surface area contributed by atoms with Crippen LogP contribution in [0.3, 0.4) is 0 Å². The third-order valence-corrected chi connectivity index (χ3v) is 2.69. The Hall–Kier alpha value is -1.36. The number of nitrogens with zero attached hydrogens (tertiary/aromatic N) is 2. The fourth-order valence-corrected chi connectivity index (χ4v) is 2.12. The second-order valence-corrected chi connectivity index (χ2v) is 4.60. The van der Waals surface area contributed by atoms with Gasteiger partial charge in [0.05, 0.1) is 5.56 Å². The molecule has 80 valence electrons. The lowest BCUT2D eigenvalue weighted by atomic mass is 9.83. The van der Waals surface area contributed by atoms with Gasteiger partial charge in [0, 0.05) is 17.8 Å². The molecule has 2 heteroatoms. The Bertz CT molecular complexity index is 336. The molecule has 0 aliphatic carbocycles. The summed E-state index contributed by atoms with van der Waals surface area (Å²) >= 11 is 0. The van der Waals surface area contributed by atoms with Crippen molar-refractivity contribution in [1.29, 1.82) is 5.26 Å². The van der Waals surface area contributed by atoms with Crippen molar-refractivity contribution < 1.29 is 0 Å². The van der Waals surface area contributed by atoms with E-state index < -0.39 is 0 Å². The fourth-order valence-electron chi connectivity index (χ4n) is 2.12. The van der Waals surface area contributed by atoms with E-state index in [1.54, 1.807) is 6.20 Å². The fraction of sp³-hybridized carbons (Fsp3) is 0.538. The summed E-state index contributed by atoms with van der Waals surface area (Å²) in [6, 6.07) is 5.91. The van der Waals surface area contributed by atoms with Crippen LogP contribution in [0, 0.1) is 23.2 Å². The highest BCUT2D eigenvalue weighted by Crippen LogP contribution is 2.30. The van der Waals surface area contributed by atoms with Crippen LogP contribution in [0.5, 0.6) is 0 Å². The van der Waals surface area contributed by atoms with Gasteiger partial charge >= 0.3 is 0 Å². The van der Waals surface area contributed by atoms with Gasteiger partial charge in [-0.1, -0.05) is 27.7 Å². The summed E-state index contributed by atoms with van der Waals surface area (Å²) in [6.07, 6.45) is 1.66. The minimum absolute atomic E-state index is 0.470. The van der Waals surface area contributed by atoms with Gasteiger partial charge in [0.15, 0.2) is 0 Å². The van der Waals surface area contributed by atoms with Crippen LogP contribution in [0.25, 0.3) is 0 Å². The van der Waals surface area contributed by atoms with Gasteiger partial charge in [-0.2, -0.15) is 5.26 Å². The Labute approximate surface area is 92.0 Å². The SMILES string of the molecule is CC(C)C(c1ccc(C#N)cn1)C(C)C. The highest BCUT2D eigenvalue weighted by Gasteiger charge is 2.20. The van der Waals surface area contributed by atoms with E-state index >= 15 is 0 Å². The summed E-state index contributed by atoms with van der Waals surface area (Å²) in [5, 5.41) is 8.70. The minimum Gasteiger partial charge on any atom is -0.260 e. The molecule has 0 spiro atoms. The van der Waals surface area contributed by atoms with E-state index in [1.165, 1.54) is 0 Å². The topological polar surface area (TPSA) is 36.7 Å². The van der Waals surface area contributed by atoms with Crippen molar-refractivity contribution in [2.75, 3.05) is 0 Å². The van der Waals surface area contributed by atoms with Crippen LogP contribution in [0.1, 0.15) is 44.9 Å². The summed E-state index contributed by atoms with van der Waals surface area (Å²) < 4.78 is 0. The summed E-state index contributed by atoms with van der Waals surface area (Å²) in [5.41, 5.74) is 1.73. The predicted molar refractivity (Wildman–Crippen MR) is 61.4 cm³/mol. The number of pyridine rings is 1. The predicted octanol–water partition coefficient (Wildman–Crippen LogP) is 3.35. The molecule has 0 N–H and O–H groups in total. The Morgan fingerprint density at radius 1 is 1.13 bits per heavy atom. The lowest BCUT2D eigenvalue weighted by Crippen LogP contribution is -2.14. The Morgan fingerprint density at radius 3 is 2.07 bits per heavy atom. The zero-order chi connectivity index (χ0) is 11.4. The van der Waals surface area contributed by atoms with Crippen LogP contribution in [-0.2, 0) is 0 Å². The molecule has 1 aromatic rings. The first-order valence-electron chi connectivity index (χ1n) is 5.42. The van der Waals surface area contributed by atoms with Crippen molar-refractivity contribution in [2.45, 2.75) is 33.6 Å². The molecule has 0 aliphatic rings. The molecule has 0 saturated heterocycles. The van der Waals surface area contributed by atoms with E-state index in [1.807, 2.05) is 12.1 Å². The maximum absolute atomic E-state index is 8.70. The van der Waals surface area contributed by atoms with Crippen molar-refractivity contribution in [2.24, 2.45) is 11.8 Å². The van der Waals surface area contributed by atoms with E-state index in [4.69, 9.17) is 5.26 Å². The average Bonchev–Trinajstić information content (AvgIpc) is 2.18. The third kappa shape index (κ3) is 2.79. The standard InChI is InChI=1S/C13H18N2/c1-9(2)13(10(3)4)12-6-5-11(7-14)8-15-12/h5-6,8-10,13H,1-4H3. The van der Waals surface area contributed by atoms with Gasteiger partial charge in [-0.05, 0) is 24.0 Å². The van der Waals surface area contributed by atoms with Crippen LogP contribution < -0.4 is 0 Å². The smallest absolute Gasteiger partial charge is 0.101 e. The van der Waals surface area contributed by atoms with Crippen molar-refractivity contribution in [3.05, 3.63) is 29.6 Å². The molecular formula is C13H18N2. The molecule has 1 rings (SSSR count). The van der Waals surface area contributed by atoms with Crippen molar-refractivity contribution in [1.82, 2.24) is 4.98 Å². The molecule has 0 unspecified atom stereocenters. The lowest BCUT2D eigenvalue weighted by Gasteiger charge is -2.24. The molecular weight excluding hydrogens is 184 g/mol. The maximum Gasteiger partial charge on any atom is 0.101 e. The summed E-state index contributed by atoms with van der Waals surface area (Å²) in [7, 11) is 0. The second-order valence-electron chi connectivity index (χ2n) is 4.60. The zero-order valence-electron chi connectivity index (χ0n) is 9.86. The molecule has 0 radical (unpaired) electrons. The summed E-state index contributed by atoms with van der Waals surface area (Å²) in [6.45, 7) is 8.85. The Kier molecular flexibility index (Phi) is 3.85. The van der Waals surface area contributed by atoms with Crippen LogP contribution in [0.15, 0.2) is 18.3 Å². The highest BCUT2D eigenvalue weighted by molar-refractivity contribution is 5.27. The van der Waals surface area contributed by atoms with Gasteiger partial charge in [-0.25, -0.2) is 0 Å². The third-order valence-electron chi connectivity index (χ3n) is 2.69. The second kappa shape index (κ2) is 4.93. The molecule has 0 fully saturated rings. The number of nitriles is 1. The number of hydrogen-bond acceptors (Lipinski definition) is 2. The van der Waals surface area contributed by atoms with Crippen LogP contribution in [0.2, 0.25) is 0 Å². The molecule has 15 heavy (non-hydrogen) atoms. The van der Waals surface area contributed by atoms with E-state index in [-0.39, 0.29) is 0 Å². The molecule has 0 saturated carbocycles. The highest BCUT2D eigenvalue weighted by atomic mass is 14.7. The van der Waals surface area contributed by atoms with E-state index in [0.717, 1.165) is 5.69 Å². The minimum atomic E-state index is 0.470. The maximum atomic E-state index is 8.70. The van der Waals surface area contributed by atoms with Gasteiger partial charge in [0.1, 0.15) is 6.07 Å². The Morgan fingerprint density at radius 2 is 1.73 bits per heavy atom. The van der Waals surface area contributed by atoms with Crippen molar-refractivity contribution >= 4 is 0 Å². The summed E-state index contributed by atoms with van der Waals surface area (Å²) in [5.74, 6) is 1.62. The van der Waals surface area contributed by atoms with Crippen molar-refractivity contribution in [3.63, 3.8) is 0 Å². The monoisotopic (exact) mass is 202 g/mol. The summed E-state index contributed by atoms with van der Waals surface area (Å²) in [4.78, 5) is 4.37. The molecule has 0 atom stereocenters. The van der Waals surface area contributed by atoms with Crippen LogP contribution in [-0.4, -0.2) is 4.98 Å². The van der Waals surface area contributed by atoms with Crippen molar-refractivity contribution in [3.8, 4) is 6.07 Å². The van der Waals surface area contributed by atoms with Crippen LogP contribution >= 0.6 is 0 Å². The number of rotatable bonds is 3. The first-order chi connectivity index (χ1) is 7.06. The largest absolute Gasteiger partial charge is 0.260 e. The van der Waals surface area contributed by atoms with Gasteiger partial charge in [-0.15, -0.1) is 0 Å². The molecule has 1 heterocycles. The molecule has 0 aromatic carbocycles. The average molecular weight is 202 g/mol. The van der Waals surface area contributed by atoms with Gasteiger partial charge < -0.3 is 0 Å². The van der Waals surface area contributed by atoms with Gasteiger partial charge in [-0.3, -0.25) is 4.98 Å². The van der Waals surface area contributed by atoms with Gasteiger partial charge in [0.2, 0.25) is 0 Å². The van der Waals surface area contributed by atoms with E-state index in [9.17, 15) is 0 Å². The lowest BCUT2D eigenvalue weighted by molar-refractivity contribution is 0.380. The molecule has 0 aliphatic heterocycles. The first-order valence-corrected chi connectivity index (χ1v) is 5.42. The Balaban J connectivity index is 2.98. The number of hydrogen-bond donors (Lipinski definition) is 0. The number of aromatic nitrogens is 1. The molecule has 2 nitrogen and oxygen atoms in total. The first kappa shape index (κ1) is 11.7. The van der Waals surface area contributed by atoms with Gasteiger partial charge in [0.25, 0.3) is 0 Å².